The number of amides is 1. The average Bonchev–Trinajstić information content (AvgIpc) is 2.86. The van der Waals surface area contributed by atoms with Gasteiger partial charge in [-0.05, 0) is 55.8 Å². The quantitative estimate of drug-likeness (QED) is 0.349. The maximum Gasteiger partial charge on any atom is 0.266 e. The molecule has 1 heterocycles. The van der Waals surface area contributed by atoms with Crippen LogP contribution in [0.2, 0.25) is 5.02 Å². The van der Waals surface area contributed by atoms with Gasteiger partial charge in [0.05, 0.1) is 34.8 Å². The molecular formula is C27H25ClFN3O3. The third-order valence-electron chi connectivity index (χ3n) is 6.02. The second-order valence-corrected chi connectivity index (χ2v) is 8.57. The van der Waals surface area contributed by atoms with Crippen molar-refractivity contribution in [2.45, 2.75) is 19.9 Å². The average molecular weight is 494 g/mol. The van der Waals surface area contributed by atoms with Gasteiger partial charge in [0, 0.05) is 18.7 Å². The SMILES string of the molecule is COCCN(C(=O)c1ccccc1F)C(C)c1nc2ccccc2c(=O)n1-c1cccc(Cl)c1C. The highest BCUT2D eigenvalue weighted by molar-refractivity contribution is 6.31. The fourth-order valence-electron chi connectivity index (χ4n) is 4.09. The van der Waals surface area contributed by atoms with Crippen LogP contribution in [-0.4, -0.2) is 40.6 Å². The standard InChI is InChI=1S/C27H25ClFN3O3/c1-17-21(28)11-8-14-24(17)32-25(30-23-13-7-5-10-20(23)27(32)34)18(2)31(15-16-35-3)26(33)19-9-4-6-12-22(19)29/h4-14,18H,15-16H2,1-3H3. The van der Waals surface area contributed by atoms with Crippen LogP contribution in [0.5, 0.6) is 0 Å². The topological polar surface area (TPSA) is 64.4 Å². The first kappa shape index (κ1) is 24.6. The van der Waals surface area contributed by atoms with Crippen LogP contribution in [0.4, 0.5) is 4.39 Å². The second-order valence-electron chi connectivity index (χ2n) is 8.16. The smallest absolute Gasteiger partial charge is 0.266 e. The lowest BCUT2D eigenvalue weighted by molar-refractivity contribution is 0.0601. The Morgan fingerprint density at radius 3 is 2.57 bits per heavy atom. The Labute approximate surface area is 207 Å². The van der Waals surface area contributed by atoms with E-state index >= 15 is 0 Å². The first-order valence-corrected chi connectivity index (χ1v) is 11.5. The molecular weight excluding hydrogens is 469 g/mol. The summed E-state index contributed by atoms with van der Waals surface area (Å²) in [5, 5.41) is 0.937. The van der Waals surface area contributed by atoms with Gasteiger partial charge in [-0.3, -0.25) is 14.2 Å². The molecule has 1 atom stereocenters. The first-order chi connectivity index (χ1) is 16.8. The van der Waals surface area contributed by atoms with E-state index in [1.165, 1.54) is 34.8 Å². The molecule has 35 heavy (non-hydrogen) atoms. The fraction of sp³-hybridized carbons (Fsp3) is 0.222. The van der Waals surface area contributed by atoms with E-state index in [9.17, 15) is 14.0 Å². The number of ether oxygens (including phenoxy) is 1. The van der Waals surface area contributed by atoms with E-state index < -0.39 is 17.8 Å². The predicted molar refractivity (Wildman–Crippen MR) is 135 cm³/mol. The molecule has 1 unspecified atom stereocenters. The van der Waals surface area contributed by atoms with E-state index in [0.29, 0.717) is 33.0 Å². The van der Waals surface area contributed by atoms with Crippen molar-refractivity contribution < 1.29 is 13.9 Å². The largest absolute Gasteiger partial charge is 0.383 e. The predicted octanol–water partition coefficient (Wildman–Crippen LogP) is 5.34. The van der Waals surface area contributed by atoms with Gasteiger partial charge < -0.3 is 9.64 Å². The summed E-state index contributed by atoms with van der Waals surface area (Å²) in [5.41, 5.74) is 1.41. The maximum atomic E-state index is 14.5. The molecule has 1 aromatic heterocycles. The van der Waals surface area contributed by atoms with Crippen molar-refractivity contribution in [3.63, 3.8) is 0 Å². The van der Waals surface area contributed by atoms with E-state index in [0.717, 1.165) is 0 Å². The lowest BCUT2D eigenvalue weighted by Gasteiger charge is -2.31. The number of para-hydroxylation sites is 1. The minimum absolute atomic E-state index is 0.0657. The number of hydrogen-bond donors (Lipinski definition) is 0. The van der Waals surface area contributed by atoms with Gasteiger partial charge in [0.15, 0.2) is 0 Å². The third kappa shape index (κ3) is 4.70. The van der Waals surface area contributed by atoms with Gasteiger partial charge in [-0.2, -0.15) is 0 Å². The number of methoxy groups -OCH3 is 1. The molecule has 0 saturated carbocycles. The molecule has 0 aliphatic heterocycles. The Hall–Kier alpha value is -3.55. The molecule has 0 saturated heterocycles. The summed E-state index contributed by atoms with van der Waals surface area (Å²) in [6.45, 7) is 3.98. The molecule has 0 aliphatic rings. The van der Waals surface area contributed by atoms with Crippen LogP contribution >= 0.6 is 11.6 Å². The number of hydrogen-bond acceptors (Lipinski definition) is 4. The van der Waals surface area contributed by atoms with E-state index in [1.807, 2.05) is 6.92 Å². The third-order valence-corrected chi connectivity index (χ3v) is 6.43. The minimum Gasteiger partial charge on any atom is -0.383 e. The van der Waals surface area contributed by atoms with Crippen molar-refractivity contribution in [2.24, 2.45) is 0 Å². The highest BCUT2D eigenvalue weighted by Gasteiger charge is 2.29. The molecule has 180 valence electrons. The van der Waals surface area contributed by atoms with Gasteiger partial charge in [0.2, 0.25) is 0 Å². The van der Waals surface area contributed by atoms with E-state index in [4.69, 9.17) is 21.3 Å². The zero-order valence-corrected chi connectivity index (χ0v) is 20.4. The summed E-state index contributed by atoms with van der Waals surface area (Å²) in [7, 11) is 1.52. The number of benzene rings is 3. The molecule has 8 heteroatoms. The van der Waals surface area contributed by atoms with Gasteiger partial charge in [-0.15, -0.1) is 0 Å². The minimum atomic E-state index is -0.701. The number of carbonyl (C=O) groups is 1. The molecule has 4 rings (SSSR count). The van der Waals surface area contributed by atoms with Crippen LogP contribution in [0.1, 0.15) is 34.7 Å². The lowest BCUT2D eigenvalue weighted by Crippen LogP contribution is -2.39. The Morgan fingerprint density at radius 1 is 1.11 bits per heavy atom. The number of halogens is 2. The second kappa shape index (κ2) is 10.4. The molecule has 3 aromatic carbocycles. The number of fused-ring (bicyclic) bond motifs is 1. The van der Waals surface area contributed by atoms with Crippen molar-refractivity contribution in [3.05, 3.63) is 105 Å². The first-order valence-electron chi connectivity index (χ1n) is 11.2. The zero-order valence-electron chi connectivity index (χ0n) is 19.7. The van der Waals surface area contributed by atoms with E-state index in [1.54, 1.807) is 55.5 Å². The zero-order chi connectivity index (χ0) is 25.1. The van der Waals surface area contributed by atoms with Crippen molar-refractivity contribution in [1.29, 1.82) is 0 Å². The molecule has 0 N–H and O–H groups in total. The molecule has 0 fully saturated rings. The summed E-state index contributed by atoms with van der Waals surface area (Å²) in [6.07, 6.45) is 0. The Morgan fingerprint density at radius 2 is 1.83 bits per heavy atom. The summed E-state index contributed by atoms with van der Waals surface area (Å²) in [6, 6.07) is 17.4. The lowest BCUT2D eigenvalue weighted by atomic mass is 10.1. The van der Waals surface area contributed by atoms with Crippen molar-refractivity contribution in [3.8, 4) is 5.69 Å². The number of aromatic nitrogens is 2. The molecule has 1 amide bonds. The highest BCUT2D eigenvalue weighted by atomic mass is 35.5. The van der Waals surface area contributed by atoms with Crippen molar-refractivity contribution in [1.82, 2.24) is 14.5 Å². The molecule has 0 radical (unpaired) electrons. The van der Waals surface area contributed by atoms with E-state index in [2.05, 4.69) is 0 Å². The van der Waals surface area contributed by atoms with Gasteiger partial charge in [-0.1, -0.05) is 41.9 Å². The Bertz CT molecular complexity index is 1450. The van der Waals surface area contributed by atoms with E-state index in [-0.39, 0.29) is 24.3 Å². The number of rotatable bonds is 7. The maximum absolute atomic E-state index is 14.5. The Balaban J connectivity index is 1.95. The van der Waals surface area contributed by atoms with Crippen LogP contribution in [0.15, 0.2) is 71.5 Å². The monoisotopic (exact) mass is 493 g/mol. The molecule has 6 nitrogen and oxygen atoms in total. The summed E-state index contributed by atoms with van der Waals surface area (Å²) in [4.78, 5) is 33.5. The molecule has 0 bridgehead atoms. The van der Waals surface area contributed by atoms with Gasteiger partial charge in [0.25, 0.3) is 11.5 Å². The Kier molecular flexibility index (Phi) is 7.28. The molecule has 0 spiro atoms. The van der Waals surface area contributed by atoms with Gasteiger partial charge >= 0.3 is 0 Å². The van der Waals surface area contributed by atoms with Crippen molar-refractivity contribution >= 4 is 28.4 Å². The molecule has 0 aliphatic carbocycles. The van der Waals surface area contributed by atoms with Crippen LogP contribution in [0, 0.1) is 12.7 Å². The number of nitrogens with zero attached hydrogens (tertiary/aromatic N) is 3. The fourth-order valence-corrected chi connectivity index (χ4v) is 4.26. The molecule has 4 aromatic rings. The van der Waals surface area contributed by atoms with Crippen LogP contribution in [0.3, 0.4) is 0 Å². The van der Waals surface area contributed by atoms with Crippen LogP contribution < -0.4 is 5.56 Å². The van der Waals surface area contributed by atoms with Gasteiger partial charge in [0.1, 0.15) is 11.6 Å². The normalized spacial score (nSPS) is 12.0. The summed E-state index contributed by atoms with van der Waals surface area (Å²) < 4.78 is 21.3. The highest BCUT2D eigenvalue weighted by Crippen LogP contribution is 2.28. The summed E-state index contributed by atoms with van der Waals surface area (Å²) >= 11 is 6.39. The van der Waals surface area contributed by atoms with Crippen LogP contribution in [0.25, 0.3) is 16.6 Å². The van der Waals surface area contributed by atoms with Crippen molar-refractivity contribution in [2.75, 3.05) is 20.3 Å². The van der Waals surface area contributed by atoms with Crippen LogP contribution in [-0.2, 0) is 4.74 Å². The summed E-state index contributed by atoms with van der Waals surface area (Å²) in [5.74, 6) is -0.814. The number of carbonyl (C=O) groups excluding carboxylic acids is 1. The van der Waals surface area contributed by atoms with Gasteiger partial charge in [-0.25, -0.2) is 9.37 Å².